The highest BCUT2D eigenvalue weighted by atomic mass is 32.1. The molecule has 3 fully saturated rings. The standard InChI is InChI=1S/C41H59N3O3SSi/c1-29-25-33(19-22-37(29)46-5)31-15-13-30(14-16-31)28-44(39(45)32-17-20-36(21-18-32)47-49(6,7)41(2,3)4)35-12-10-11-34(26-35)38-27-42-40(48-38)43-23-8-9-24-43/h10-12,19,22,25-27,30-32,36H,8-9,13-18,20-21,23-24,28H2,1-7H3/t30-,31-,32-,36-. The number of anilines is 2. The minimum Gasteiger partial charge on any atom is -0.496 e. The lowest BCUT2D eigenvalue weighted by atomic mass is 9.78. The number of aryl methyl sites for hydroxylation is 1. The van der Waals surface area contributed by atoms with E-state index in [1.165, 1.54) is 28.8 Å². The quantitative estimate of drug-likeness (QED) is 0.197. The first-order valence-corrected chi connectivity index (χ1v) is 22.6. The number of carbonyl (C=O) groups excluding carboxylic acids is 1. The molecular weight excluding hydrogens is 643 g/mol. The number of rotatable bonds is 10. The number of nitrogens with zero attached hydrogens (tertiary/aromatic N) is 3. The van der Waals surface area contributed by atoms with Crippen molar-refractivity contribution in [1.29, 1.82) is 0 Å². The second-order valence-electron chi connectivity index (χ2n) is 16.5. The van der Waals surface area contributed by atoms with Gasteiger partial charge in [0.2, 0.25) is 5.91 Å². The molecule has 49 heavy (non-hydrogen) atoms. The molecule has 0 spiro atoms. The molecule has 0 unspecified atom stereocenters. The molecule has 1 amide bonds. The van der Waals surface area contributed by atoms with Gasteiger partial charge in [-0.15, -0.1) is 0 Å². The first-order chi connectivity index (χ1) is 23.4. The molecule has 1 aliphatic heterocycles. The number of benzene rings is 2. The lowest BCUT2D eigenvalue weighted by Crippen LogP contribution is -2.46. The molecule has 2 heterocycles. The van der Waals surface area contributed by atoms with Crippen molar-refractivity contribution in [2.75, 3.05) is 36.5 Å². The summed E-state index contributed by atoms with van der Waals surface area (Å²) in [5, 5.41) is 1.31. The van der Waals surface area contributed by atoms with Crippen LogP contribution in [-0.4, -0.2) is 52.1 Å². The third-order valence-electron chi connectivity index (χ3n) is 12.0. The van der Waals surface area contributed by atoms with E-state index in [0.717, 1.165) is 93.1 Å². The molecule has 0 radical (unpaired) electrons. The molecular formula is C41H59N3O3SSi. The van der Waals surface area contributed by atoms with Crippen LogP contribution >= 0.6 is 11.3 Å². The zero-order chi connectivity index (χ0) is 34.8. The second kappa shape index (κ2) is 15.3. The molecule has 6 nitrogen and oxygen atoms in total. The maximum atomic E-state index is 14.6. The fourth-order valence-electron chi connectivity index (χ4n) is 7.94. The highest BCUT2D eigenvalue weighted by Crippen LogP contribution is 2.42. The molecule has 0 bridgehead atoms. The molecule has 1 saturated heterocycles. The number of hydrogen-bond donors (Lipinski definition) is 0. The molecule has 0 N–H and O–H groups in total. The minimum absolute atomic E-state index is 0.0479. The highest BCUT2D eigenvalue weighted by Gasteiger charge is 2.41. The SMILES string of the molecule is COc1ccc([C@H]2CC[C@H](CN(c3cccc(-c4cnc(N5CCCC5)s4)c3)C(=O)[C@H]3CC[C@H](O[Si](C)(C)C(C)(C)C)CC3)CC2)cc1C. The van der Waals surface area contributed by atoms with Crippen LogP contribution in [0, 0.1) is 18.8 Å². The van der Waals surface area contributed by atoms with Crippen LogP contribution in [0.25, 0.3) is 10.4 Å². The number of thiazole rings is 1. The third kappa shape index (κ3) is 8.45. The van der Waals surface area contributed by atoms with Gasteiger partial charge < -0.3 is 19.0 Å². The van der Waals surface area contributed by atoms with Crippen LogP contribution in [0.3, 0.4) is 0 Å². The molecule has 0 atom stereocenters. The van der Waals surface area contributed by atoms with E-state index in [1.807, 2.05) is 6.20 Å². The van der Waals surface area contributed by atoms with Crippen molar-refractivity contribution >= 4 is 36.4 Å². The molecule has 266 valence electrons. The molecule has 3 aromatic rings. The Balaban J connectivity index is 1.18. The Morgan fingerprint density at radius 2 is 1.69 bits per heavy atom. The molecule has 3 aliphatic rings. The van der Waals surface area contributed by atoms with Gasteiger partial charge in [0.15, 0.2) is 13.4 Å². The van der Waals surface area contributed by atoms with E-state index < -0.39 is 8.32 Å². The molecule has 2 aliphatic carbocycles. The summed E-state index contributed by atoms with van der Waals surface area (Å²) < 4.78 is 12.3. The fourth-order valence-corrected chi connectivity index (χ4v) is 10.3. The number of carbonyl (C=O) groups is 1. The van der Waals surface area contributed by atoms with Gasteiger partial charge in [-0.05, 0) is 136 Å². The zero-order valence-corrected chi connectivity index (χ0v) is 32.9. The summed E-state index contributed by atoms with van der Waals surface area (Å²) in [6.07, 6.45) is 13.2. The van der Waals surface area contributed by atoms with E-state index in [1.54, 1.807) is 18.4 Å². The van der Waals surface area contributed by atoms with E-state index in [4.69, 9.17) is 14.1 Å². The van der Waals surface area contributed by atoms with Crippen LogP contribution in [0.1, 0.15) is 102 Å². The average Bonchev–Trinajstić information content (AvgIpc) is 3.80. The van der Waals surface area contributed by atoms with Crippen molar-refractivity contribution in [3.8, 4) is 16.2 Å². The van der Waals surface area contributed by atoms with E-state index in [9.17, 15) is 4.79 Å². The largest absolute Gasteiger partial charge is 0.496 e. The first-order valence-electron chi connectivity index (χ1n) is 18.9. The summed E-state index contributed by atoms with van der Waals surface area (Å²) >= 11 is 1.78. The Morgan fingerprint density at radius 3 is 2.35 bits per heavy atom. The predicted octanol–water partition coefficient (Wildman–Crippen LogP) is 10.6. The van der Waals surface area contributed by atoms with Crippen molar-refractivity contribution in [2.45, 2.75) is 122 Å². The van der Waals surface area contributed by atoms with Crippen LogP contribution in [-0.2, 0) is 9.22 Å². The summed E-state index contributed by atoms with van der Waals surface area (Å²) in [6.45, 7) is 16.7. The zero-order valence-electron chi connectivity index (χ0n) is 31.1. The van der Waals surface area contributed by atoms with Gasteiger partial charge in [0.05, 0.1) is 12.0 Å². The van der Waals surface area contributed by atoms with Gasteiger partial charge in [0.1, 0.15) is 5.75 Å². The summed E-state index contributed by atoms with van der Waals surface area (Å²) in [6, 6.07) is 15.4. The summed E-state index contributed by atoms with van der Waals surface area (Å²) in [7, 11) is -0.0944. The second-order valence-corrected chi connectivity index (χ2v) is 22.3. The Labute approximate surface area is 300 Å². The van der Waals surface area contributed by atoms with Crippen molar-refractivity contribution in [3.05, 3.63) is 59.8 Å². The van der Waals surface area contributed by atoms with E-state index in [0.29, 0.717) is 17.7 Å². The molecule has 8 heteroatoms. The van der Waals surface area contributed by atoms with Crippen LogP contribution in [0.4, 0.5) is 10.8 Å². The van der Waals surface area contributed by atoms with Crippen molar-refractivity contribution in [2.24, 2.45) is 11.8 Å². The number of methoxy groups -OCH3 is 1. The Kier molecular flexibility index (Phi) is 11.3. The predicted molar refractivity (Wildman–Crippen MR) is 208 cm³/mol. The number of amides is 1. The number of aromatic nitrogens is 1. The van der Waals surface area contributed by atoms with Crippen molar-refractivity contribution < 1.29 is 14.0 Å². The van der Waals surface area contributed by atoms with Crippen molar-refractivity contribution in [3.63, 3.8) is 0 Å². The van der Waals surface area contributed by atoms with Gasteiger partial charge in [-0.2, -0.15) is 0 Å². The van der Waals surface area contributed by atoms with Gasteiger partial charge in [-0.3, -0.25) is 4.79 Å². The van der Waals surface area contributed by atoms with Gasteiger partial charge in [-0.1, -0.05) is 56.4 Å². The minimum atomic E-state index is -1.84. The van der Waals surface area contributed by atoms with Gasteiger partial charge in [0, 0.05) is 43.5 Å². The normalized spacial score (nSPS) is 23.4. The Bertz CT molecular complexity index is 1560. The summed E-state index contributed by atoms with van der Waals surface area (Å²) in [4.78, 5) is 25.1. The van der Waals surface area contributed by atoms with Gasteiger partial charge in [0.25, 0.3) is 0 Å². The van der Waals surface area contributed by atoms with Crippen LogP contribution in [0.5, 0.6) is 5.75 Å². The number of ether oxygens (including phenoxy) is 1. The molecule has 1 aromatic heterocycles. The highest BCUT2D eigenvalue weighted by molar-refractivity contribution is 7.18. The van der Waals surface area contributed by atoms with Gasteiger partial charge >= 0.3 is 0 Å². The monoisotopic (exact) mass is 701 g/mol. The Hall–Kier alpha value is -2.68. The van der Waals surface area contributed by atoms with E-state index in [-0.39, 0.29) is 17.1 Å². The Morgan fingerprint density at radius 1 is 0.980 bits per heavy atom. The van der Waals surface area contributed by atoms with E-state index >= 15 is 0 Å². The number of hydrogen-bond acceptors (Lipinski definition) is 6. The lowest BCUT2D eigenvalue weighted by Gasteiger charge is -2.41. The van der Waals surface area contributed by atoms with Gasteiger partial charge in [-0.25, -0.2) is 4.98 Å². The van der Waals surface area contributed by atoms with Crippen molar-refractivity contribution in [1.82, 2.24) is 4.98 Å². The lowest BCUT2D eigenvalue weighted by molar-refractivity contribution is -0.124. The smallest absolute Gasteiger partial charge is 0.230 e. The maximum Gasteiger partial charge on any atom is 0.230 e. The third-order valence-corrected chi connectivity index (χ3v) is 17.7. The molecule has 2 saturated carbocycles. The molecule has 6 rings (SSSR count). The van der Waals surface area contributed by atoms with Crippen LogP contribution in [0.15, 0.2) is 48.7 Å². The van der Waals surface area contributed by atoms with E-state index in [2.05, 4.69) is 93.1 Å². The first kappa shape index (κ1) is 36.1. The van der Waals surface area contributed by atoms with Crippen LogP contribution in [0.2, 0.25) is 18.1 Å². The average molecular weight is 702 g/mol. The molecule has 2 aromatic carbocycles. The maximum absolute atomic E-state index is 14.6. The fraction of sp³-hybridized carbons (Fsp3) is 0.610. The summed E-state index contributed by atoms with van der Waals surface area (Å²) in [5.41, 5.74) is 4.82. The topological polar surface area (TPSA) is 54.9 Å². The summed E-state index contributed by atoms with van der Waals surface area (Å²) in [5.74, 6) is 2.37. The van der Waals surface area contributed by atoms with Crippen LogP contribution < -0.4 is 14.5 Å².